The maximum absolute atomic E-state index is 14.7. The number of ether oxygens (including phenoxy) is 5. The van der Waals surface area contributed by atoms with Crippen molar-refractivity contribution in [3.63, 3.8) is 0 Å². The van der Waals surface area contributed by atoms with Gasteiger partial charge in [0.15, 0.2) is 18.0 Å². The van der Waals surface area contributed by atoms with Crippen molar-refractivity contribution in [3.8, 4) is 11.4 Å². The van der Waals surface area contributed by atoms with Crippen LogP contribution in [-0.2, 0) is 46.8 Å². The zero-order chi connectivity index (χ0) is 25.9. The quantitative estimate of drug-likeness (QED) is 0.382. The molecular formula is C21H25FN4O9. The Labute approximate surface area is 198 Å². The third-order valence-corrected chi connectivity index (χ3v) is 5.01. The number of carbonyl (C=O) groups is 3. The molecule has 1 fully saturated rings. The predicted octanol–water partition coefficient (Wildman–Crippen LogP) is 0.198. The normalized spacial score (nSPS) is 21.8. The van der Waals surface area contributed by atoms with Gasteiger partial charge < -0.3 is 23.7 Å². The second-order valence-corrected chi connectivity index (χ2v) is 7.68. The van der Waals surface area contributed by atoms with Gasteiger partial charge in [0.1, 0.15) is 11.5 Å². The minimum absolute atomic E-state index is 0.0534. The van der Waals surface area contributed by atoms with Crippen molar-refractivity contribution in [2.75, 3.05) is 6.61 Å². The van der Waals surface area contributed by atoms with Crippen LogP contribution in [0.1, 0.15) is 33.3 Å². The van der Waals surface area contributed by atoms with Crippen LogP contribution in [0.25, 0.3) is 5.69 Å². The van der Waals surface area contributed by atoms with Crippen LogP contribution >= 0.6 is 0 Å². The lowest BCUT2D eigenvalue weighted by molar-refractivity contribution is -0.259. The lowest BCUT2D eigenvalue weighted by Gasteiger charge is -2.40. The van der Waals surface area contributed by atoms with Crippen LogP contribution in [0.2, 0.25) is 0 Å². The molecule has 0 radical (unpaired) electrons. The summed E-state index contributed by atoms with van der Waals surface area (Å²) in [5.74, 6) is -3.01. The van der Waals surface area contributed by atoms with Gasteiger partial charge in [0.25, 0.3) is 0 Å². The van der Waals surface area contributed by atoms with E-state index in [-0.39, 0.29) is 23.6 Å². The van der Waals surface area contributed by atoms with E-state index in [4.69, 9.17) is 23.7 Å². The molecule has 1 aromatic heterocycles. The second-order valence-electron chi connectivity index (χ2n) is 7.68. The molecule has 1 aromatic carbocycles. The van der Waals surface area contributed by atoms with Crippen molar-refractivity contribution in [2.45, 2.75) is 58.7 Å². The maximum atomic E-state index is 14.7. The van der Waals surface area contributed by atoms with Gasteiger partial charge in [-0.3, -0.25) is 14.4 Å². The molecule has 0 aliphatic carbocycles. The Hall–Kier alpha value is -3.81. The number of esters is 3. The molecule has 0 saturated carbocycles. The molecule has 1 aliphatic rings. The number of halogens is 1. The van der Waals surface area contributed by atoms with E-state index in [1.807, 2.05) is 0 Å². The van der Waals surface area contributed by atoms with Crippen molar-refractivity contribution in [1.29, 1.82) is 0 Å². The number of aromatic nitrogens is 4. The largest absolute Gasteiger partial charge is 0.458 e. The molecular weight excluding hydrogens is 471 g/mol. The summed E-state index contributed by atoms with van der Waals surface area (Å²) >= 11 is 0. The van der Waals surface area contributed by atoms with Gasteiger partial charge in [0, 0.05) is 33.9 Å². The van der Waals surface area contributed by atoms with Gasteiger partial charge in [0.05, 0.1) is 6.61 Å². The van der Waals surface area contributed by atoms with Crippen LogP contribution < -0.4 is 10.4 Å². The average Bonchev–Trinajstić information content (AvgIpc) is 3.09. The van der Waals surface area contributed by atoms with Gasteiger partial charge in [-0.1, -0.05) is 6.92 Å². The number of hydrogen-bond donors (Lipinski definition) is 0. The van der Waals surface area contributed by atoms with Crippen LogP contribution in [0.15, 0.2) is 16.9 Å². The fourth-order valence-electron chi connectivity index (χ4n) is 3.52. The van der Waals surface area contributed by atoms with E-state index in [1.165, 1.54) is 13.1 Å². The lowest BCUT2D eigenvalue weighted by Crippen LogP contribution is -2.59. The topological polar surface area (TPSA) is 150 Å². The molecule has 0 bridgehead atoms. The van der Waals surface area contributed by atoms with Crippen LogP contribution in [0, 0.1) is 5.82 Å². The van der Waals surface area contributed by atoms with E-state index >= 15 is 0 Å². The molecule has 1 aliphatic heterocycles. The van der Waals surface area contributed by atoms with Crippen molar-refractivity contribution >= 4 is 17.9 Å². The molecule has 14 heteroatoms. The number of benzene rings is 1. The molecule has 4 atom stereocenters. The van der Waals surface area contributed by atoms with Crippen LogP contribution in [0.5, 0.6) is 5.75 Å². The third kappa shape index (κ3) is 5.82. The molecule has 2 aromatic rings. The first-order valence-corrected chi connectivity index (χ1v) is 10.6. The highest BCUT2D eigenvalue weighted by Gasteiger charge is 2.48. The zero-order valence-corrected chi connectivity index (χ0v) is 19.7. The van der Waals surface area contributed by atoms with E-state index in [0.717, 1.165) is 36.2 Å². The van der Waals surface area contributed by atoms with Crippen molar-refractivity contribution in [1.82, 2.24) is 19.8 Å². The molecule has 0 spiro atoms. The van der Waals surface area contributed by atoms with Gasteiger partial charge >= 0.3 is 23.6 Å². The van der Waals surface area contributed by atoms with E-state index in [2.05, 4.69) is 10.4 Å². The summed E-state index contributed by atoms with van der Waals surface area (Å²) in [5.41, 5.74) is -0.297. The van der Waals surface area contributed by atoms with Crippen molar-refractivity contribution < 1.29 is 42.5 Å². The monoisotopic (exact) mass is 496 g/mol. The highest BCUT2D eigenvalue weighted by molar-refractivity contribution is 5.68. The minimum atomic E-state index is -1.44. The summed E-state index contributed by atoms with van der Waals surface area (Å²) in [6.45, 7) is 4.81. The smallest absolute Gasteiger partial charge is 0.368 e. The Morgan fingerprint density at radius 1 is 1.06 bits per heavy atom. The van der Waals surface area contributed by atoms with E-state index < -0.39 is 54.0 Å². The van der Waals surface area contributed by atoms with Crippen molar-refractivity contribution in [3.05, 3.63) is 34.0 Å². The van der Waals surface area contributed by atoms with Crippen LogP contribution in [0.4, 0.5) is 4.39 Å². The first kappa shape index (κ1) is 25.8. The average molecular weight is 496 g/mol. The van der Waals surface area contributed by atoms with Crippen molar-refractivity contribution in [2.24, 2.45) is 7.05 Å². The predicted molar refractivity (Wildman–Crippen MR) is 113 cm³/mol. The number of carbonyl (C=O) groups excluding carboxylic acids is 3. The summed E-state index contributed by atoms with van der Waals surface area (Å²) in [5, 5.41) is 7.43. The van der Waals surface area contributed by atoms with Gasteiger partial charge in [-0.25, -0.2) is 9.18 Å². The number of rotatable bonds is 7. The van der Waals surface area contributed by atoms with Crippen LogP contribution in [-0.4, -0.2) is 68.9 Å². The number of nitrogens with zero attached hydrogens (tertiary/aromatic N) is 4. The molecule has 1 unspecified atom stereocenters. The van der Waals surface area contributed by atoms with Gasteiger partial charge in [-0.2, -0.15) is 9.36 Å². The zero-order valence-electron chi connectivity index (χ0n) is 19.7. The minimum Gasteiger partial charge on any atom is -0.458 e. The molecule has 35 heavy (non-hydrogen) atoms. The Balaban J connectivity index is 2.05. The molecule has 13 nitrogen and oxygen atoms in total. The SMILES string of the molecule is CCc1cc(-n2nnn(C)c2=O)c(OC2OC[C@@H](OC(C)=O)[C@@H](OC(C)=O)[C@@H]2OC(C)=O)cc1F. The number of tetrazole rings is 1. The summed E-state index contributed by atoms with van der Waals surface area (Å²) in [7, 11) is 1.39. The summed E-state index contributed by atoms with van der Waals surface area (Å²) in [4.78, 5) is 47.6. The summed E-state index contributed by atoms with van der Waals surface area (Å²) in [6, 6.07) is 2.40. The summed E-state index contributed by atoms with van der Waals surface area (Å²) in [6.07, 6.45) is -4.94. The van der Waals surface area contributed by atoms with Gasteiger partial charge in [-0.15, -0.1) is 0 Å². The fourth-order valence-corrected chi connectivity index (χ4v) is 3.52. The Morgan fingerprint density at radius 2 is 1.69 bits per heavy atom. The number of aryl methyl sites for hydroxylation is 2. The van der Waals surface area contributed by atoms with E-state index in [9.17, 15) is 23.6 Å². The highest BCUT2D eigenvalue weighted by Crippen LogP contribution is 2.31. The third-order valence-electron chi connectivity index (χ3n) is 5.01. The number of hydrogen-bond acceptors (Lipinski definition) is 11. The first-order chi connectivity index (χ1) is 16.5. The fraction of sp³-hybridized carbons (Fsp3) is 0.524. The highest BCUT2D eigenvalue weighted by atomic mass is 19.1. The lowest BCUT2D eigenvalue weighted by atomic mass is 10.0. The Bertz CT molecular complexity index is 1180. The maximum Gasteiger partial charge on any atom is 0.368 e. The van der Waals surface area contributed by atoms with Gasteiger partial charge in [0.2, 0.25) is 12.4 Å². The van der Waals surface area contributed by atoms with Gasteiger partial charge in [-0.05, 0) is 28.5 Å². The first-order valence-electron chi connectivity index (χ1n) is 10.6. The Morgan fingerprint density at radius 3 is 2.23 bits per heavy atom. The molecule has 1 saturated heterocycles. The standard InChI is InChI=1S/C21H25FN4O9/c1-6-13-7-15(26-21(30)25(5)23-24-26)16(8-14(13)22)35-20-19(34-12(4)29)18(33-11(3)28)17(9-31-20)32-10(2)27/h7-8,17-20H,6,9H2,1-5H3/t17-,18-,19+,20?/m1/s1. The molecule has 2 heterocycles. The molecule has 3 rings (SSSR count). The van der Waals surface area contributed by atoms with E-state index in [1.54, 1.807) is 6.92 Å². The molecule has 190 valence electrons. The van der Waals surface area contributed by atoms with Crippen LogP contribution in [0.3, 0.4) is 0 Å². The molecule has 0 N–H and O–H groups in total. The molecule has 0 amide bonds. The second kappa shape index (κ2) is 10.6. The Kier molecular flexibility index (Phi) is 7.84. The summed E-state index contributed by atoms with van der Waals surface area (Å²) < 4.78 is 43.8. The van der Waals surface area contributed by atoms with E-state index in [0.29, 0.717) is 6.42 Å².